The minimum atomic E-state index is -0.147. The van der Waals surface area contributed by atoms with Gasteiger partial charge >= 0.3 is 5.97 Å². The number of fused-ring (bicyclic) bond motifs is 6. The van der Waals surface area contributed by atoms with Crippen LogP contribution in [-0.2, 0) is 9.53 Å². The zero-order valence-electron chi connectivity index (χ0n) is 19.4. The average molecular weight is 432 g/mol. The van der Waals surface area contributed by atoms with Crippen LogP contribution in [0.15, 0.2) is 46.5 Å². The van der Waals surface area contributed by atoms with E-state index in [1.54, 1.807) is 5.57 Å². The van der Waals surface area contributed by atoms with E-state index >= 15 is 0 Å². The quantitative estimate of drug-likeness (QED) is 0.391. The highest BCUT2D eigenvalue weighted by Crippen LogP contribution is 2.66. The topological polar surface area (TPSA) is 52.3 Å². The van der Waals surface area contributed by atoms with E-state index in [1.807, 2.05) is 12.1 Å². The van der Waals surface area contributed by atoms with Crippen LogP contribution in [0.2, 0.25) is 0 Å². The number of carbonyl (C=O) groups is 1. The highest BCUT2D eigenvalue weighted by atomic mass is 16.5. The third-order valence-electron chi connectivity index (χ3n) is 9.60. The summed E-state index contributed by atoms with van der Waals surface area (Å²) in [5.74, 6) is 2.92. The van der Waals surface area contributed by atoms with Crippen LogP contribution >= 0.6 is 0 Å². The lowest BCUT2D eigenvalue weighted by Gasteiger charge is -2.57. The van der Waals surface area contributed by atoms with Crippen LogP contribution in [0.25, 0.3) is 16.5 Å². The van der Waals surface area contributed by atoms with Crippen LogP contribution in [0.1, 0.15) is 71.5 Å². The first-order chi connectivity index (χ1) is 15.4. The molecular weight excluding hydrogens is 398 g/mol. The lowest BCUT2D eigenvalue weighted by Crippen LogP contribution is -2.50. The summed E-state index contributed by atoms with van der Waals surface area (Å²) in [6.45, 7) is 6.50. The van der Waals surface area contributed by atoms with Crippen molar-refractivity contribution < 1.29 is 14.1 Å². The molecule has 1 aromatic heterocycles. The summed E-state index contributed by atoms with van der Waals surface area (Å²) in [6.07, 6.45) is 12.8. The standard InChI is InChI=1S/C28H33NO3/c1-17(30)31-19-12-14-27(2)18(16-19)8-9-20-22-10-11-24(28(22,3)15-13-23(20)27)26-21-6-4-5-7-25(21)29-32-26/h4-8,11,19-20,22-23H,9-10,12-16H2,1-3H3/t19-,20-,22-,23-,27-,28-/m0/s1. The Hall–Kier alpha value is -2.36. The van der Waals surface area contributed by atoms with Crippen molar-refractivity contribution in [2.24, 2.45) is 28.6 Å². The molecule has 0 spiro atoms. The van der Waals surface area contributed by atoms with Crippen molar-refractivity contribution in [1.82, 2.24) is 5.16 Å². The van der Waals surface area contributed by atoms with Gasteiger partial charge in [0.15, 0.2) is 5.76 Å². The second-order valence-corrected chi connectivity index (χ2v) is 11.1. The molecule has 0 bridgehead atoms. The van der Waals surface area contributed by atoms with Gasteiger partial charge in [0.05, 0.1) is 0 Å². The van der Waals surface area contributed by atoms with Crippen molar-refractivity contribution in [2.45, 2.75) is 71.8 Å². The SMILES string of the molecule is CC(=O)O[C@H]1CC[C@@]2(C)C(=CC[C@@H]3[C@@H]2CC[C@]2(C)C(c4onc5ccccc45)=CC[C@@H]32)C1. The Labute approximate surface area is 190 Å². The third-order valence-corrected chi connectivity index (χ3v) is 9.60. The van der Waals surface area contributed by atoms with E-state index in [1.165, 1.54) is 25.3 Å². The first kappa shape index (κ1) is 20.3. The molecule has 32 heavy (non-hydrogen) atoms. The monoisotopic (exact) mass is 431 g/mol. The number of ether oxygens (including phenoxy) is 1. The molecule has 2 aromatic rings. The van der Waals surface area contributed by atoms with Crippen LogP contribution in [0, 0.1) is 28.6 Å². The Morgan fingerprint density at radius 1 is 1.06 bits per heavy atom. The molecule has 2 fully saturated rings. The van der Waals surface area contributed by atoms with Gasteiger partial charge in [-0.25, -0.2) is 0 Å². The minimum Gasteiger partial charge on any atom is -0.462 e. The van der Waals surface area contributed by atoms with Gasteiger partial charge in [-0.2, -0.15) is 0 Å². The van der Waals surface area contributed by atoms with Crippen molar-refractivity contribution in [3.05, 3.63) is 47.8 Å². The van der Waals surface area contributed by atoms with E-state index in [-0.39, 0.29) is 22.9 Å². The maximum Gasteiger partial charge on any atom is 0.302 e. The van der Waals surface area contributed by atoms with Crippen LogP contribution < -0.4 is 0 Å². The molecule has 0 radical (unpaired) electrons. The Balaban J connectivity index is 1.30. The van der Waals surface area contributed by atoms with Gasteiger partial charge in [-0.15, -0.1) is 0 Å². The lowest BCUT2D eigenvalue weighted by atomic mass is 9.47. The number of hydrogen-bond donors (Lipinski definition) is 0. The fraction of sp³-hybridized carbons (Fsp3) is 0.571. The molecule has 6 rings (SSSR count). The number of nitrogens with zero attached hydrogens (tertiary/aromatic N) is 1. The molecule has 0 saturated heterocycles. The van der Waals surface area contributed by atoms with Gasteiger partial charge in [0.1, 0.15) is 11.6 Å². The first-order valence-corrected chi connectivity index (χ1v) is 12.3. The zero-order valence-corrected chi connectivity index (χ0v) is 19.4. The summed E-state index contributed by atoms with van der Waals surface area (Å²) in [7, 11) is 0. The van der Waals surface area contributed by atoms with Gasteiger partial charge in [0, 0.05) is 24.3 Å². The molecule has 4 nitrogen and oxygen atoms in total. The van der Waals surface area contributed by atoms with Gasteiger partial charge in [-0.05, 0) is 79.2 Å². The number of carbonyl (C=O) groups excluding carboxylic acids is 1. The molecule has 0 amide bonds. The Morgan fingerprint density at radius 2 is 1.88 bits per heavy atom. The number of hydrogen-bond acceptors (Lipinski definition) is 4. The van der Waals surface area contributed by atoms with E-state index in [0.717, 1.165) is 54.7 Å². The number of allylic oxidation sites excluding steroid dienone is 3. The minimum absolute atomic E-state index is 0.0664. The molecule has 2 saturated carbocycles. The van der Waals surface area contributed by atoms with Crippen LogP contribution in [0.4, 0.5) is 0 Å². The van der Waals surface area contributed by atoms with Gasteiger partial charge < -0.3 is 9.26 Å². The third kappa shape index (κ3) is 2.80. The van der Waals surface area contributed by atoms with Crippen molar-refractivity contribution in [2.75, 3.05) is 0 Å². The van der Waals surface area contributed by atoms with Crippen molar-refractivity contribution in [1.29, 1.82) is 0 Å². The summed E-state index contributed by atoms with van der Waals surface area (Å²) in [6, 6.07) is 8.28. The predicted octanol–water partition coefficient (Wildman–Crippen LogP) is 6.72. The second kappa shape index (κ2) is 7.07. The van der Waals surface area contributed by atoms with Gasteiger partial charge in [0.25, 0.3) is 0 Å². The molecule has 4 aliphatic rings. The van der Waals surface area contributed by atoms with Crippen molar-refractivity contribution in [3.8, 4) is 0 Å². The second-order valence-electron chi connectivity index (χ2n) is 11.1. The largest absolute Gasteiger partial charge is 0.462 e. The first-order valence-electron chi connectivity index (χ1n) is 12.3. The molecule has 4 aliphatic carbocycles. The van der Waals surface area contributed by atoms with Crippen LogP contribution in [-0.4, -0.2) is 17.2 Å². The Bertz CT molecular complexity index is 1140. The van der Waals surface area contributed by atoms with Crippen LogP contribution in [0.5, 0.6) is 0 Å². The number of rotatable bonds is 2. The summed E-state index contributed by atoms with van der Waals surface area (Å²) in [4.78, 5) is 11.5. The molecule has 6 atom stereocenters. The van der Waals surface area contributed by atoms with E-state index in [9.17, 15) is 4.79 Å². The van der Waals surface area contributed by atoms with Gasteiger partial charge in [0.2, 0.25) is 0 Å². The van der Waals surface area contributed by atoms with E-state index < -0.39 is 0 Å². The highest BCUT2D eigenvalue weighted by Gasteiger charge is 2.57. The lowest BCUT2D eigenvalue weighted by molar-refractivity contribution is -0.148. The number of aromatic nitrogens is 1. The zero-order chi connectivity index (χ0) is 22.1. The van der Waals surface area contributed by atoms with E-state index in [2.05, 4.69) is 43.3 Å². The molecule has 0 N–H and O–H groups in total. The fourth-order valence-electron chi connectivity index (χ4n) is 7.97. The fourth-order valence-corrected chi connectivity index (χ4v) is 7.97. The van der Waals surface area contributed by atoms with Crippen molar-refractivity contribution >= 4 is 22.4 Å². The van der Waals surface area contributed by atoms with E-state index in [0.29, 0.717) is 11.8 Å². The van der Waals surface area contributed by atoms with Crippen LogP contribution in [0.3, 0.4) is 0 Å². The summed E-state index contributed by atoms with van der Waals surface area (Å²) < 4.78 is 11.5. The maximum absolute atomic E-state index is 11.5. The maximum atomic E-state index is 11.5. The smallest absolute Gasteiger partial charge is 0.302 e. The van der Waals surface area contributed by atoms with Crippen molar-refractivity contribution in [3.63, 3.8) is 0 Å². The number of esters is 1. The summed E-state index contributed by atoms with van der Waals surface area (Å²) in [5.41, 5.74) is 4.29. The highest BCUT2D eigenvalue weighted by molar-refractivity contribution is 5.91. The predicted molar refractivity (Wildman–Crippen MR) is 125 cm³/mol. The average Bonchev–Trinajstić information content (AvgIpc) is 3.34. The molecule has 1 aromatic carbocycles. The molecule has 4 heteroatoms. The van der Waals surface area contributed by atoms with Gasteiger partial charge in [-0.3, -0.25) is 4.79 Å². The Kier molecular flexibility index (Phi) is 4.48. The Morgan fingerprint density at radius 3 is 2.72 bits per heavy atom. The normalized spacial score (nSPS) is 38.3. The summed E-state index contributed by atoms with van der Waals surface area (Å²) >= 11 is 0. The number of benzene rings is 1. The molecule has 168 valence electrons. The summed E-state index contributed by atoms with van der Waals surface area (Å²) in [5, 5.41) is 5.49. The molecule has 0 aliphatic heterocycles. The van der Waals surface area contributed by atoms with E-state index in [4.69, 9.17) is 9.26 Å². The molecular formula is C28H33NO3. The molecule has 0 unspecified atom stereocenters. The van der Waals surface area contributed by atoms with Gasteiger partial charge in [-0.1, -0.05) is 48.9 Å². The molecule has 1 heterocycles.